The molecule has 2 aliphatic heterocycles. The zero-order valence-electron chi connectivity index (χ0n) is 22.7. The van der Waals surface area contributed by atoms with Crippen LogP contribution in [0.3, 0.4) is 0 Å². The average molecular weight is 550 g/mol. The van der Waals surface area contributed by atoms with Crippen molar-refractivity contribution in [2.45, 2.75) is 38.1 Å². The molecule has 8 rings (SSSR count). The lowest BCUT2D eigenvalue weighted by Crippen LogP contribution is -2.59. The van der Waals surface area contributed by atoms with E-state index in [1.165, 1.54) is 38.4 Å². The number of hydrogen-bond acceptors (Lipinski definition) is 5. The highest BCUT2D eigenvalue weighted by Crippen LogP contribution is 2.53. The molecule has 6 aliphatic rings. The van der Waals surface area contributed by atoms with Crippen LogP contribution >= 0.6 is 0 Å². The SMILES string of the molecule is CS(=O)(=O)N1CCN(c2ccc(N3CCN(C(=O)NC4C5CC6CC(C5)CC4C6)c4ccccc43)cc2)CC1. The Hall–Kier alpha value is -2.78. The molecule has 2 aromatic carbocycles. The number of rotatable bonds is 4. The Morgan fingerprint density at radius 2 is 1.33 bits per heavy atom. The summed E-state index contributed by atoms with van der Waals surface area (Å²) in [6.45, 7) is 3.78. The fourth-order valence-electron chi connectivity index (χ4n) is 8.34. The highest BCUT2D eigenvalue weighted by atomic mass is 32.2. The second-order valence-electron chi connectivity index (χ2n) is 12.4. The Morgan fingerprint density at radius 3 is 1.95 bits per heavy atom. The molecule has 0 spiro atoms. The molecule has 208 valence electrons. The van der Waals surface area contributed by atoms with Gasteiger partial charge in [0.15, 0.2) is 0 Å². The van der Waals surface area contributed by atoms with Gasteiger partial charge in [0.05, 0.1) is 17.6 Å². The van der Waals surface area contributed by atoms with Crippen molar-refractivity contribution in [3.05, 3.63) is 48.5 Å². The van der Waals surface area contributed by atoms with E-state index in [2.05, 4.69) is 51.5 Å². The van der Waals surface area contributed by atoms with Gasteiger partial charge in [-0.05, 0) is 92.2 Å². The van der Waals surface area contributed by atoms with Crippen molar-refractivity contribution in [1.82, 2.24) is 9.62 Å². The number of nitrogens with one attached hydrogen (secondary N) is 1. The van der Waals surface area contributed by atoms with Crippen molar-refractivity contribution in [2.75, 3.05) is 60.2 Å². The van der Waals surface area contributed by atoms with Crippen LogP contribution in [0.25, 0.3) is 0 Å². The van der Waals surface area contributed by atoms with E-state index in [-0.39, 0.29) is 6.03 Å². The number of para-hydroxylation sites is 2. The molecule has 0 unspecified atom stereocenters. The number of anilines is 4. The number of nitrogens with zero attached hydrogens (tertiary/aromatic N) is 4. The zero-order valence-corrected chi connectivity index (χ0v) is 23.5. The molecule has 0 radical (unpaired) electrons. The number of benzene rings is 2. The van der Waals surface area contributed by atoms with Gasteiger partial charge < -0.3 is 15.1 Å². The van der Waals surface area contributed by atoms with Crippen molar-refractivity contribution in [3.8, 4) is 0 Å². The Bertz CT molecular complexity index is 1310. The predicted octanol–water partition coefficient (Wildman–Crippen LogP) is 4.26. The van der Waals surface area contributed by atoms with Crippen molar-refractivity contribution in [1.29, 1.82) is 0 Å². The van der Waals surface area contributed by atoms with Gasteiger partial charge in [0.1, 0.15) is 0 Å². The fourth-order valence-corrected chi connectivity index (χ4v) is 9.17. The number of piperazine rings is 1. The Labute approximate surface area is 232 Å². The summed E-state index contributed by atoms with van der Waals surface area (Å²) < 4.78 is 25.2. The number of hydrogen-bond donors (Lipinski definition) is 1. The summed E-state index contributed by atoms with van der Waals surface area (Å²) in [5.41, 5.74) is 4.22. The van der Waals surface area contributed by atoms with Gasteiger partial charge in [-0.3, -0.25) is 4.90 Å². The fraction of sp³-hybridized carbons (Fsp3) is 0.567. The van der Waals surface area contributed by atoms with Crippen LogP contribution in [0.4, 0.5) is 27.5 Å². The molecule has 4 aliphatic carbocycles. The molecule has 39 heavy (non-hydrogen) atoms. The van der Waals surface area contributed by atoms with E-state index in [1.807, 2.05) is 17.0 Å². The maximum absolute atomic E-state index is 13.7. The van der Waals surface area contributed by atoms with Gasteiger partial charge in [-0.25, -0.2) is 13.2 Å². The van der Waals surface area contributed by atoms with Gasteiger partial charge >= 0.3 is 6.03 Å². The number of fused-ring (bicyclic) bond motifs is 1. The van der Waals surface area contributed by atoms with Gasteiger partial charge in [-0.1, -0.05) is 12.1 Å². The third-order valence-corrected chi connectivity index (χ3v) is 11.3. The first-order chi connectivity index (χ1) is 18.8. The number of carbonyl (C=O) groups excluding carboxylic acids is 1. The van der Waals surface area contributed by atoms with Gasteiger partial charge in [-0.2, -0.15) is 4.31 Å². The van der Waals surface area contributed by atoms with E-state index < -0.39 is 10.0 Å². The summed E-state index contributed by atoms with van der Waals surface area (Å²) in [7, 11) is -3.14. The van der Waals surface area contributed by atoms with Gasteiger partial charge in [0.2, 0.25) is 10.0 Å². The minimum atomic E-state index is -3.14. The number of urea groups is 1. The molecule has 1 N–H and O–H groups in total. The standard InChI is InChI=1S/C30H39N5O3S/c1-39(37,38)33-12-10-32(11-13-33)25-6-8-26(9-7-25)34-14-15-35(28-5-3-2-4-27(28)34)30(36)31-29-23-17-21-16-22(19-23)20-24(29)18-21/h2-9,21-24,29H,10-20H2,1H3,(H,31,36). The summed E-state index contributed by atoms with van der Waals surface area (Å²) in [4.78, 5) is 20.1. The van der Waals surface area contributed by atoms with Crippen LogP contribution < -0.4 is 20.0 Å². The van der Waals surface area contributed by atoms with Crippen molar-refractivity contribution >= 4 is 38.8 Å². The molecule has 0 aromatic heterocycles. The lowest BCUT2D eigenvalue weighted by molar-refractivity contribution is -0.00911. The monoisotopic (exact) mass is 549 g/mol. The second-order valence-corrected chi connectivity index (χ2v) is 14.3. The third-order valence-electron chi connectivity index (χ3n) is 10.0. The van der Waals surface area contributed by atoms with E-state index in [0.29, 0.717) is 50.6 Å². The highest BCUT2D eigenvalue weighted by molar-refractivity contribution is 7.88. The topological polar surface area (TPSA) is 76.2 Å². The van der Waals surface area contributed by atoms with E-state index in [4.69, 9.17) is 0 Å². The quantitative estimate of drug-likeness (QED) is 0.617. The summed E-state index contributed by atoms with van der Waals surface area (Å²) in [6.07, 6.45) is 7.89. The Morgan fingerprint density at radius 1 is 0.744 bits per heavy atom. The number of carbonyl (C=O) groups is 1. The molecule has 2 amide bonds. The van der Waals surface area contributed by atoms with Crippen LogP contribution in [-0.2, 0) is 10.0 Å². The van der Waals surface area contributed by atoms with Crippen molar-refractivity contribution in [2.24, 2.45) is 23.7 Å². The Balaban J connectivity index is 1.05. The van der Waals surface area contributed by atoms with Gasteiger partial charge in [0.25, 0.3) is 0 Å². The molecule has 2 heterocycles. The van der Waals surface area contributed by atoms with Gasteiger partial charge in [-0.15, -0.1) is 0 Å². The van der Waals surface area contributed by atoms with E-state index >= 15 is 0 Å². The number of sulfonamides is 1. The minimum Gasteiger partial charge on any atom is -0.369 e. The van der Waals surface area contributed by atoms with Crippen molar-refractivity contribution < 1.29 is 13.2 Å². The van der Waals surface area contributed by atoms with Crippen LogP contribution in [0.1, 0.15) is 32.1 Å². The highest BCUT2D eigenvalue weighted by Gasteiger charge is 2.49. The molecule has 2 aromatic rings. The molecular formula is C30H39N5O3S. The van der Waals surface area contributed by atoms with Gasteiger partial charge in [0, 0.05) is 56.7 Å². The summed E-state index contributed by atoms with van der Waals surface area (Å²) in [6, 6.07) is 17.2. The average Bonchev–Trinajstić information content (AvgIpc) is 2.93. The molecule has 9 heteroatoms. The normalized spacial score (nSPS) is 30.4. The van der Waals surface area contributed by atoms with Crippen LogP contribution in [0.2, 0.25) is 0 Å². The number of amides is 2. The maximum atomic E-state index is 13.7. The van der Waals surface area contributed by atoms with Crippen LogP contribution in [-0.4, -0.2) is 70.3 Å². The maximum Gasteiger partial charge on any atom is 0.322 e. The predicted molar refractivity (Wildman–Crippen MR) is 155 cm³/mol. The largest absolute Gasteiger partial charge is 0.369 e. The van der Waals surface area contributed by atoms with Crippen LogP contribution in [0, 0.1) is 23.7 Å². The smallest absolute Gasteiger partial charge is 0.322 e. The van der Waals surface area contributed by atoms with Crippen LogP contribution in [0.5, 0.6) is 0 Å². The summed E-state index contributed by atoms with van der Waals surface area (Å²) in [5.74, 6) is 3.12. The lowest BCUT2D eigenvalue weighted by atomic mass is 9.54. The van der Waals surface area contributed by atoms with E-state index in [0.717, 1.165) is 41.1 Å². The third kappa shape index (κ3) is 4.67. The molecule has 1 saturated heterocycles. The van der Waals surface area contributed by atoms with E-state index in [9.17, 15) is 13.2 Å². The molecule has 8 nitrogen and oxygen atoms in total. The first-order valence-electron chi connectivity index (χ1n) is 14.6. The first kappa shape index (κ1) is 25.2. The molecular weight excluding hydrogens is 510 g/mol. The van der Waals surface area contributed by atoms with Crippen LogP contribution in [0.15, 0.2) is 48.5 Å². The molecule has 0 atom stereocenters. The Kier molecular flexibility index (Phi) is 6.27. The summed E-state index contributed by atoms with van der Waals surface area (Å²) in [5, 5.41) is 3.51. The second kappa shape index (κ2) is 9.70. The lowest BCUT2D eigenvalue weighted by Gasteiger charge is -2.54. The van der Waals surface area contributed by atoms with Crippen molar-refractivity contribution in [3.63, 3.8) is 0 Å². The molecule has 4 saturated carbocycles. The minimum absolute atomic E-state index is 0.0585. The molecule has 4 bridgehead atoms. The van der Waals surface area contributed by atoms with E-state index in [1.54, 1.807) is 4.31 Å². The summed E-state index contributed by atoms with van der Waals surface area (Å²) >= 11 is 0. The first-order valence-corrected chi connectivity index (χ1v) is 16.4. The molecule has 5 fully saturated rings. The zero-order chi connectivity index (χ0) is 26.7.